The Balaban J connectivity index is 1.82. The van der Waals surface area contributed by atoms with Gasteiger partial charge in [-0.05, 0) is 48.4 Å². The van der Waals surface area contributed by atoms with Gasteiger partial charge in [0.2, 0.25) is 0 Å². The second kappa shape index (κ2) is 7.81. The van der Waals surface area contributed by atoms with Gasteiger partial charge in [-0.2, -0.15) is 0 Å². The Morgan fingerprint density at radius 1 is 0.850 bits per heavy atom. The molecule has 0 fully saturated rings. The fraction of sp³-hybridized carbons (Fsp3) is 0.294. The quantitative estimate of drug-likeness (QED) is 0.687. The number of anilines is 2. The first-order chi connectivity index (χ1) is 9.78. The Morgan fingerprint density at radius 3 is 2.10 bits per heavy atom. The maximum atomic E-state index is 5.86. The molecule has 0 atom stereocenters. The van der Waals surface area contributed by atoms with Crippen LogP contribution in [0.1, 0.15) is 25.3 Å². The SMILES string of the molecule is CCCCNc1ccc(CNc2ccc(Cl)cc2)cc1. The topological polar surface area (TPSA) is 24.1 Å². The van der Waals surface area contributed by atoms with E-state index in [0.29, 0.717) is 0 Å². The molecule has 0 saturated carbocycles. The van der Waals surface area contributed by atoms with Crippen LogP contribution in [0.3, 0.4) is 0 Å². The van der Waals surface area contributed by atoms with Crippen LogP contribution >= 0.6 is 11.6 Å². The van der Waals surface area contributed by atoms with Crippen molar-refractivity contribution in [1.29, 1.82) is 0 Å². The second-order valence-electron chi connectivity index (χ2n) is 4.84. The van der Waals surface area contributed by atoms with Crippen LogP contribution in [0.2, 0.25) is 5.02 Å². The van der Waals surface area contributed by atoms with Crippen molar-refractivity contribution in [3.05, 3.63) is 59.1 Å². The van der Waals surface area contributed by atoms with Gasteiger partial charge in [-0.3, -0.25) is 0 Å². The Hall–Kier alpha value is -1.67. The van der Waals surface area contributed by atoms with Gasteiger partial charge in [0.1, 0.15) is 0 Å². The van der Waals surface area contributed by atoms with Crippen LogP contribution < -0.4 is 10.6 Å². The summed E-state index contributed by atoms with van der Waals surface area (Å²) in [7, 11) is 0. The number of hydrogen-bond acceptors (Lipinski definition) is 2. The number of rotatable bonds is 7. The summed E-state index contributed by atoms with van der Waals surface area (Å²) in [6, 6.07) is 16.3. The molecule has 0 heterocycles. The van der Waals surface area contributed by atoms with E-state index in [2.05, 4.69) is 41.8 Å². The third-order valence-corrected chi connectivity index (χ3v) is 3.41. The van der Waals surface area contributed by atoms with Gasteiger partial charge in [-0.25, -0.2) is 0 Å². The lowest BCUT2D eigenvalue weighted by Gasteiger charge is -2.09. The van der Waals surface area contributed by atoms with Crippen LogP contribution in [0, 0.1) is 0 Å². The Bertz CT molecular complexity index is 506. The van der Waals surface area contributed by atoms with Crippen LogP contribution in [-0.2, 0) is 6.54 Å². The first-order valence-electron chi connectivity index (χ1n) is 7.10. The van der Waals surface area contributed by atoms with Gasteiger partial charge in [-0.15, -0.1) is 0 Å². The monoisotopic (exact) mass is 288 g/mol. The van der Waals surface area contributed by atoms with Crippen molar-refractivity contribution in [2.24, 2.45) is 0 Å². The number of unbranched alkanes of at least 4 members (excludes halogenated alkanes) is 1. The van der Waals surface area contributed by atoms with E-state index >= 15 is 0 Å². The van der Waals surface area contributed by atoms with E-state index in [1.165, 1.54) is 24.1 Å². The zero-order valence-electron chi connectivity index (χ0n) is 11.8. The summed E-state index contributed by atoms with van der Waals surface area (Å²) >= 11 is 5.86. The van der Waals surface area contributed by atoms with Crippen molar-refractivity contribution in [3.63, 3.8) is 0 Å². The zero-order chi connectivity index (χ0) is 14.2. The predicted octanol–water partition coefficient (Wildman–Crippen LogP) is 5.16. The lowest BCUT2D eigenvalue weighted by atomic mass is 10.2. The standard InChI is InChI=1S/C17H21ClN2/c1-2-3-12-19-16-8-4-14(5-9-16)13-20-17-10-6-15(18)7-11-17/h4-11,19-20H,2-3,12-13H2,1H3. The molecule has 20 heavy (non-hydrogen) atoms. The molecule has 0 aromatic heterocycles. The average Bonchev–Trinajstić information content (AvgIpc) is 2.48. The summed E-state index contributed by atoms with van der Waals surface area (Å²) in [5.74, 6) is 0. The lowest BCUT2D eigenvalue weighted by molar-refractivity contribution is 0.834. The molecule has 0 saturated heterocycles. The molecular weight excluding hydrogens is 268 g/mol. The van der Waals surface area contributed by atoms with E-state index in [1.807, 2.05) is 24.3 Å². The van der Waals surface area contributed by atoms with E-state index in [4.69, 9.17) is 11.6 Å². The van der Waals surface area contributed by atoms with E-state index in [-0.39, 0.29) is 0 Å². The van der Waals surface area contributed by atoms with E-state index < -0.39 is 0 Å². The third-order valence-electron chi connectivity index (χ3n) is 3.15. The lowest BCUT2D eigenvalue weighted by Crippen LogP contribution is -2.02. The smallest absolute Gasteiger partial charge is 0.0407 e. The molecule has 0 amide bonds. The van der Waals surface area contributed by atoms with Crippen LogP contribution in [0.25, 0.3) is 0 Å². The van der Waals surface area contributed by atoms with Crippen molar-refractivity contribution in [2.75, 3.05) is 17.2 Å². The minimum Gasteiger partial charge on any atom is -0.385 e. The summed E-state index contributed by atoms with van der Waals surface area (Å²) in [5.41, 5.74) is 3.54. The number of nitrogens with one attached hydrogen (secondary N) is 2. The number of hydrogen-bond donors (Lipinski definition) is 2. The summed E-state index contributed by atoms with van der Waals surface area (Å²) in [6.07, 6.45) is 2.43. The van der Waals surface area contributed by atoms with Crippen molar-refractivity contribution in [2.45, 2.75) is 26.3 Å². The molecule has 0 bridgehead atoms. The molecule has 2 aromatic rings. The molecule has 0 aliphatic carbocycles. The second-order valence-corrected chi connectivity index (χ2v) is 5.27. The highest BCUT2D eigenvalue weighted by Crippen LogP contribution is 2.15. The third kappa shape index (κ3) is 4.78. The van der Waals surface area contributed by atoms with Gasteiger partial charge in [0.15, 0.2) is 0 Å². The molecule has 2 N–H and O–H groups in total. The van der Waals surface area contributed by atoms with E-state index in [1.54, 1.807) is 0 Å². The molecular formula is C17H21ClN2. The Morgan fingerprint density at radius 2 is 1.45 bits per heavy atom. The zero-order valence-corrected chi connectivity index (χ0v) is 12.6. The predicted molar refractivity (Wildman–Crippen MR) is 88.6 cm³/mol. The molecule has 0 radical (unpaired) electrons. The number of benzene rings is 2. The van der Waals surface area contributed by atoms with Crippen molar-refractivity contribution in [1.82, 2.24) is 0 Å². The molecule has 3 heteroatoms. The van der Waals surface area contributed by atoms with Crippen LogP contribution in [0.15, 0.2) is 48.5 Å². The van der Waals surface area contributed by atoms with Gasteiger partial charge < -0.3 is 10.6 Å². The molecule has 0 aliphatic rings. The van der Waals surface area contributed by atoms with Crippen molar-refractivity contribution in [3.8, 4) is 0 Å². The first kappa shape index (κ1) is 14.7. The van der Waals surface area contributed by atoms with Crippen LogP contribution in [0.4, 0.5) is 11.4 Å². The fourth-order valence-electron chi connectivity index (χ4n) is 1.92. The summed E-state index contributed by atoms with van der Waals surface area (Å²) < 4.78 is 0. The largest absolute Gasteiger partial charge is 0.385 e. The summed E-state index contributed by atoms with van der Waals surface area (Å²) in [6.45, 7) is 4.06. The normalized spacial score (nSPS) is 10.3. The highest BCUT2D eigenvalue weighted by Gasteiger charge is 1.96. The van der Waals surface area contributed by atoms with Gasteiger partial charge in [0.25, 0.3) is 0 Å². The fourth-order valence-corrected chi connectivity index (χ4v) is 2.05. The summed E-state index contributed by atoms with van der Waals surface area (Å²) in [4.78, 5) is 0. The minimum absolute atomic E-state index is 0.762. The van der Waals surface area contributed by atoms with E-state index in [9.17, 15) is 0 Å². The molecule has 0 aliphatic heterocycles. The molecule has 2 rings (SSSR count). The molecule has 0 spiro atoms. The van der Waals surface area contributed by atoms with Gasteiger partial charge in [0, 0.05) is 29.5 Å². The molecule has 2 nitrogen and oxygen atoms in total. The highest BCUT2D eigenvalue weighted by atomic mass is 35.5. The van der Waals surface area contributed by atoms with Crippen molar-refractivity contribution < 1.29 is 0 Å². The van der Waals surface area contributed by atoms with Gasteiger partial charge in [0.05, 0.1) is 0 Å². The molecule has 0 unspecified atom stereocenters. The van der Waals surface area contributed by atoms with Crippen LogP contribution in [0.5, 0.6) is 0 Å². The van der Waals surface area contributed by atoms with Crippen LogP contribution in [-0.4, -0.2) is 6.54 Å². The molecule has 2 aromatic carbocycles. The van der Waals surface area contributed by atoms with E-state index in [0.717, 1.165) is 23.8 Å². The first-order valence-corrected chi connectivity index (χ1v) is 7.48. The molecule has 106 valence electrons. The van der Waals surface area contributed by atoms with Crippen molar-refractivity contribution >= 4 is 23.0 Å². The Labute approximate surface area is 126 Å². The Kier molecular flexibility index (Phi) is 5.75. The average molecular weight is 289 g/mol. The number of halogens is 1. The maximum Gasteiger partial charge on any atom is 0.0407 e. The summed E-state index contributed by atoms with van der Waals surface area (Å²) in [5, 5.41) is 7.56. The van der Waals surface area contributed by atoms with Gasteiger partial charge >= 0.3 is 0 Å². The van der Waals surface area contributed by atoms with Gasteiger partial charge in [-0.1, -0.05) is 37.1 Å². The maximum absolute atomic E-state index is 5.86. The highest BCUT2D eigenvalue weighted by molar-refractivity contribution is 6.30. The minimum atomic E-state index is 0.762.